The molecule has 0 spiro atoms. The highest BCUT2D eigenvalue weighted by molar-refractivity contribution is 7.09. The molecule has 1 aromatic carbocycles. The number of aliphatic hydroxyl groups excluding tert-OH is 1. The minimum absolute atomic E-state index is 0.205. The molecule has 19 heavy (non-hydrogen) atoms. The summed E-state index contributed by atoms with van der Waals surface area (Å²) in [5, 5.41) is 11.3. The van der Waals surface area contributed by atoms with Gasteiger partial charge in [-0.05, 0) is 42.0 Å². The van der Waals surface area contributed by atoms with E-state index in [4.69, 9.17) is 0 Å². The van der Waals surface area contributed by atoms with Crippen molar-refractivity contribution in [2.75, 3.05) is 13.2 Å². The summed E-state index contributed by atoms with van der Waals surface area (Å²) in [6, 6.07) is 10.8. The summed E-state index contributed by atoms with van der Waals surface area (Å²) in [7, 11) is 0. The molecular weight excluding hydrogens is 254 g/mol. The Kier molecular flexibility index (Phi) is 5.14. The summed E-state index contributed by atoms with van der Waals surface area (Å²) in [6.45, 7) is 7.00. The van der Waals surface area contributed by atoms with Crippen molar-refractivity contribution in [3.63, 3.8) is 0 Å². The maximum atomic E-state index is 9.20. The maximum Gasteiger partial charge on any atom is 0.0558 e. The standard InChI is InChI=1S/C16H21NOS/c1-13-5-6-15(10-14(13)2)11-17(7-8-18)12-16-4-3-9-19-16/h3-6,9-10,18H,7-8,11-12H2,1-2H3. The average molecular weight is 275 g/mol. The molecule has 102 valence electrons. The van der Waals surface area contributed by atoms with Crippen LogP contribution >= 0.6 is 11.3 Å². The summed E-state index contributed by atoms with van der Waals surface area (Å²) in [5.74, 6) is 0. The number of aryl methyl sites for hydroxylation is 2. The van der Waals surface area contributed by atoms with Crippen molar-refractivity contribution in [1.29, 1.82) is 0 Å². The number of thiophene rings is 1. The van der Waals surface area contributed by atoms with E-state index >= 15 is 0 Å². The van der Waals surface area contributed by atoms with E-state index in [1.165, 1.54) is 21.6 Å². The molecule has 1 N–H and O–H groups in total. The quantitative estimate of drug-likeness (QED) is 0.874. The van der Waals surface area contributed by atoms with Gasteiger partial charge in [-0.25, -0.2) is 0 Å². The number of nitrogens with zero attached hydrogens (tertiary/aromatic N) is 1. The van der Waals surface area contributed by atoms with Crippen molar-refractivity contribution >= 4 is 11.3 Å². The first-order valence-corrected chi connectivity index (χ1v) is 7.48. The maximum absolute atomic E-state index is 9.20. The molecule has 0 aliphatic rings. The largest absolute Gasteiger partial charge is 0.395 e. The molecular formula is C16H21NOS. The van der Waals surface area contributed by atoms with Crippen molar-refractivity contribution in [3.05, 3.63) is 57.3 Å². The van der Waals surface area contributed by atoms with Crippen molar-refractivity contribution in [3.8, 4) is 0 Å². The Labute approximate surface area is 119 Å². The zero-order valence-corrected chi connectivity index (χ0v) is 12.4. The normalized spacial score (nSPS) is 11.2. The van der Waals surface area contributed by atoms with Gasteiger partial charge >= 0.3 is 0 Å². The molecule has 0 fully saturated rings. The Balaban J connectivity index is 2.05. The lowest BCUT2D eigenvalue weighted by Gasteiger charge is -2.21. The average Bonchev–Trinajstić information content (AvgIpc) is 2.87. The SMILES string of the molecule is Cc1ccc(CN(CCO)Cc2cccs2)cc1C. The molecule has 1 aromatic heterocycles. The Bertz CT molecular complexity index is 507. The van der Waals surface area contributed by atoms with Crippen LogP contribution in [0.5, 0.6) is 0 Å². The van der Waals surface area contributed by atoms with E-state index in [0.717, 1.165) is 13.1 Å². The zero-order chi connectivity index (χ0) is 13.7. The zero-order valence-electron chi connectivity index (χ0n) is 11.6. The third-order valence-electron chi connectivity index (χ3n) is 3.35. The predicted octanol–water partition coefficient (Wildman–Crippen LogP) is 3.36. The van der Waals surface area contributed by atoms with Crippen LogP contribution in [0.15, 0.2) is 35.7 Å². The Hall–Kier alpha value is -1.16. The smallest absolute Gasteiger partial charge is 0.0558 e. The monoisotopic (exact) mass is 275 g/mol. The van der Waals surface area contributed by atoms with Crippen molar-refractivity contribution < 1.29 is 5.11 Å². The van der Waals surface area contributed by atoms with Crippen LogP contribution in [0.4, 0.5) is 0 Å². The van der Waals surface area contributed by atoms with E-state index in [-0.39, 0.29) is 6.61 Å². The molecule has 0 atom stereocenters. The fraction of sp³-hybridized carbons (Fsp3) is 0.375. The van der Waals surface area contributed by atoms with Gasteiger partial charge in [0.25, 0.3) is 0 Å². The Morgan fingerprint density at radius 3 is 2.58 bits per heavy atom. The van der Waals surface area contributed by atoms with Crippen LogP contribution in [0, 0.1) is 13.8 Å². The number of benzene rings is 1. The fourth-order valence-electron chi connectivity index (χ4n) is 2.14. The molecule has 2 aromatic rings. The minimum atomic E-state index is 0.205. The molecule has 2 rings (SSSR count). The second kappa shape index (κ2) is 6.85. The summed E-state index contributed by atoms with van der Waals surface area (Å²) in [4.78, 5) is 3.63. The lowest BCUT2D eigenvalue weighted by Crippen LogP contribution is -2.25. The highest BCUT2D eigenvalue weighted by atomic mass is 32.1. The molecule has 0 aliphatic carbocycles. The lowest BCUT2D eigenvalue weighted by atomic mass is 10.1. The molecule has 0 radical (unpaired) electrons. The first kappa shape index (κ1) is 14.3. The van der Waals surface area contributed by atoms with E-state index in [1.807, 2.05) is 0 Å². The summed E-state index contributed by atoms with van der Waals surface area (Å²) in [5.41, 5.74) is 3.97. The van der Waals surface area contributed by atoms with Gasteiger partial charge in [0.15, 0.2) is 0 Å². The van der Waals surface area contributed by atoms with Gasteiger partial charge in [0.1, 0.15) is 0 Å². The highest BCUT2D eigenvalue weighted by Crippen LogP contribution is 2.16. The predicted molar refractivity (Wildman–Crippen MR) is 81.4 cm³/mol. The molecule has 0 saturated heterocycles. The molecule has 0 aliphatic heterocycles. The lowest BCUT2D eigenvalue weighted by molar-refractivity contribution is 0.185. The van der Waals surface area contributed by atoms with Gasteiger partial charge in [0.2, 0.25) is 0 Å². The number of aliphatic hydroxyl groups is 1. The molecule has 0 saturated carbocycles. The summed E-state index contributed by atoms with van der Waals surface area (Å²) in [6.07, 6.45) is 0. The van der Waals surface area contributed by atoms with E-state index < -0.39 is 0 Å². The summed E-state index contributed by atoms with van der Waals surface area (Å²) >= 11 is 1.77. The van der Waals surface area contributed by atoms with Crippen molar-refractivity contribution in [2.45, 2.75) is 26.9 Å². The molecule has 0 unspecified atom stereocenters. The van der Waals surface area contributed by atoms with Crippen LogP contribution in [-0.4, -0.2) is 23.2 Å². The third-order valence-corrected chi connectivity index (χ3v) is 4.21. The van der Waals surface area contributed by atoms with Crippen LogP contribution in [-0.2, 0) is 13.1 Å². The van der Waals surface area contributed by atoms with E-state index in [9.17, 15) is 5.11 Å². The number of rotatable bonds is 6. The van der Waals surface area contributed by atoms with Crippen LogP contribution in [0.25, 0.3) is 0 Å². The molecule has 0 amide bonds. The number of hydrogen-bond acceptors (Lipinski definition) is 3. The minimum Gasteiger partial charge on any atom is -0.395 e. The topological polar surface area (TPSA) is 23.5 Å². The fourth-order valence-corrected chi connectivity index (χ4v) is 2.88. The van der Waals surface area contributed by atoms with E-state index in [2.05, 4.69) is 54.5 Å². The third kappa shape index (κ3) is 4.16. The summed E-state index contributed by atoms with van der Waals surface area (Å²) < 4.78 is 0. The van der Waals surface area contributed by atoms with Crippen LogP contribution in [0.1, 0.15) is 21.6 Å². The molecule has 2 nitrogen and oxygen atoms in total. The Morgan fingerprint density at radius 1 is 1.11 bits per heavy atom. The second-order valence-electron chi connectivity index (χ2n) is 4.93. The van der Waals surface area contributed by atoms with Crippen LogP contribution in [0.2, 0.25) is 0 Å². The highest BCUT2D eigenvalue weighted by Gasteiger charge is 2.08. The van der Waals surface area contributed by atoms with Gasteiger partial charge in [-0.3, -0.25) is 4.90 Å². The Morgan fingerprint density at radius 2 is 1.95 bits per heavy atom. The van der Waals surface area contributed by atoms with Crippen molar-refractivity contribution in [2.24, 2.45) is 0 Å². The van der Waals surface area contributed by atoms with Gasteiger partial charge in [0.05, 0.1) is 6.61 Å². The van der Waals surface area contributed by atoms with E-state index in [1.54, 1.807) is 11.3 Å². The first-order valence-electron chi connectivity index (χ1n) is 6.61. The van der Waals surface area contributed by atoms with Gasteiger partial charge < -0.3 is 5.11 Å². The molecule has 1 heterocycles. The number of hydrogen-bond donors (Lipinski definition) is 1. The molecule has 0 bridgehead atoms. The van der Waals surface area contributed by atoms with Gasteiger partial charge in [0, 0.05) is 24.5 Å². The van der Waals surface area contributed by atoms with Crippen molar-refractivity contribution in [1.82, 2.24) is 4.90 Å². The second-order valence-corrected chi connectivity index (χ2v) is 5.96. The first-order chi connectivity index (χ1) is 9.19. The van der Waals surface area contributed by atoms with E-state index in [0.29, 0.717) is 6.54 Å². The van der Waals surface area contributed by atoms with Crippen LogP contribution < -0.4 is 0 Å². The molecule has 3 heteroatoms. The van der Waals surface area contributed by atoms with Gasteiger partial charge in [-0.2, -0.15) is 0 Å². The van der Waals surface area contributed by atoms with Crippen LogP contribution in [0.3, 0.4) is 0 Å². The van der Waals surface area contributed by atoms with Gasteiger partial charge in [-0.1, -0.05) is 24.3 Å². The van der Waals surface area contributed by atoms with Gasteiger partial charge in [-0.15, -0.1) is 11.3 Å².